The van der Waals surface area contributed by atoms with Gasteiger partial charge in [-0.05, 0) is 29.3 Å². The summed E-state index contributed by atoms with van der Waals surface area (Å²) >= 11 is 12.1. The molecular weight excluding hydrogens is 241 g/mol. The average Bonchev–Trinajstić information content (AvgIpc) is 2.31. The molecule has 0 bridgehead atoms. The minimum Gasteiger partial charge on any atom is -0.326 e. The summed E-state index contributed by atoms with van der Waals surface area (Å²) in [6.45, 7) is 0.428. The highest BCUT2D eigenvalue weighted by atomic mass is 35.5. The lowest BCUT2D eigenvalue weighted by Gasteiger charge is -2.07. The van der Waals surface area contributed by atoms with E-state index in [4.69, 9.17) is 28.9 Å². The number of halogens is 2. The first-order valence-corrected chi connectivity index (χ1v) is 5.71. The first-order chi connectivity index (χ1) is 7.72. The van der Waals surface area contributed by atoms with E-state index >= 15 is 0 Å². The van der Waals surface area contributed by atoms with Crippen LogP contribution in [0.2, 0.25) is 10.0 Å². The molecule has 0 aliphatic heterocycles. The van der Waals surface area contributed by atoms with Crippen LogP contribution in [-0.4, -0.2) is 0 Å². The molecule has 82 valence electrons. The molecule has 3 heteroatoms. The number of benzene rings is 2. The van der Waals surface area contributed by atoms with E-state index in [1.165, 1.54) is 0 Å². The van der Waals surface area contributed by atoms with Crippen molar-refractivity contribution in [3.8, 4) is 11.1 Å². The van der Waals surface area contributed by atoms with Crippen LogP contribution in [0.5, 0.6) is 0 Å². The van der Waals surface area contributed by atoms with Crippen molar-refractivity contribution >= 4 is 23.2 Å². The largest absolute Gasteiger partial charge is 0.326 e. The fourth-order valence-corrected chi connectivity index (χ4v) is 2.03. The normalized spacial score (nSPS) is 10.4. The molecule has 2 aromatic rings. The highest BCUT2D eigenvalue weighted by Crippen LogP contribution is 2.30. The summed E-state index contributed by atoms with van der Waals surface area (Å²) in [6.07, 6.45) is 0. The van der Waals surface area contributed by atoms with Crippen molar-refractivity contribution < 1.29 is 0 Å². The fourth-order valence-electron chi connectivity index (χ4n) is 1.59. The third-order valence-corrected chi connectivity index (χ3v) is 3.15. The van der Waals surface area contributed by atoms with E-state index in [0.29, 0.717) is 11.6 Å². The molecule has 0 saturated heterocycles. The molecule has 0 aliphatic rings. The molecule has 0 heterocycles. The Kier molecular flexibility index (Phi) is 3.49. The Bertz CT molecular complexity index is 509. The lowest BCUT2D eigenvalue weighted by molar-refractivity contribution is 1.07. The standard InChI is InChI=1S/C13H11Cl2N/c14-12-6-5-9(7-10(12)8-16)11-3-1-2-4-13(11)15/h1-7H,8,16H2. The zero-order valence-corrected chi connectivity index (χ0v) is 10.1. The Morgan fingerprint density at radius 1 is 0.938 bits per heavy atom. The van der Waals surface area contributed by atoms with Gasteiger partial charge in [0, 0.05) is 22.2 Å². The summed E-state index contributed by atoms with van der Waals surface area (Å²) in [5, 5.41) is 1.42. The number of hydrogen-bond acceptors (Lipinski definition) is 1. The van der Waals surface area contributed by atoms with Crippen molar-refractivity contribution in [1.29, 1.82) is 0 Å². The van der Waals surface area contributed by atoms with Crippen LogP contribution in [0.4, 0.5) is 0 Å². The zero-order chi connectivity index (χ0) is 11.5. The maximum atomic E-state index is 6.13. The van der Waals surface area contributed by atoms with Gasteiger partial charge in [-0.2, -0.15) is 0 Å². The van der Waals surface area contributed by atoms with Crippen molar-refractivity contribution in [2.24, 2.45) is 5.73 Å². The van der Waals surface area contributed by atoms with Crippen LogP contribution in [-0.2, 0) is 6.54 Å². The van der Waals surface area contributed by atoms with Gasteiger partial charge < -0.3 is 5.73 Å². The van der Waals surface area contributed by atoms with Crippen molar-refractivity contribution in [2.45, 2.75) is 6.54 Å². The van der Waals surface area contributed by atoms with E-state index < -0.39 is 0 Å². The molecule has 0 spiro atoms. The molecule has 2 rings (SSSR count). The Balaban J connectivity index is 2.53. The number of hydrogen-bond donors (Lipinski definition) is 1. The molecule has 0 amide bonds. The lowest BCUT2D eigenvalue weighted by atomic mass is 10.0. The molecule has 1 nitrogen and oxygen atoms in total. The Labute approximate surface area is 105 Å². The van der Waals surface area contributed by atoms with Crippen molar-refractivity contribution in [3.05, 3.63) is 58.1 Å². The SMILES string of the molecule is NCc1cc(-c2ccccc2Cl)ccc1Cl. The summed E-state index contributed by atoms with van der Waals surface area (Å²) in [4.78, 5) is 0. The molecule has 0 aromatic heterocycles. The third-order valence-electron chi connectivity index (χ3n) is 2.45. The highest BCUT2D eigenvalue weighted by molar-refractivity contribution is 6.33. The first kappa shape index (κ1) is 11.5. The van der Waals surface area contributed by atoms with Crippen molar-refractivity contribution in [2.75, 3.05) is 0 Å². The minimum atomic E-state index is 0.428. The van der Waals surface area contributed by atoms with Crippen molar-refractivity contribution in [1.82, 2.24) is 0 Å². The summed E-state index contributed by atoms with van der Waals surface area (Å²) < 4.78 is 0. The van der Waals surface area contributed by atoms with Gasteiger partial charge in [0.15, 0.2) is 0 Å². The van der Waals surface area contributed by atoms with Gasteiger partial charge in [-0.15, -0.1) is 0 Å². The number of rotatable bonds is 2. The lowest BCUT2D eigenvalue weighted by Crippen LogP contribution is -1.97. The monoisotopic (exact) mass is 251 g/mol. The molecule has 0 fully saturated rings. The van der Waals surface area contributed by atoms with Crippen LogP contribution in [0.25, 0.3) is 11.1 Å². The van der Waals surface area contributed by atoms with Gasteiger partial charge in [-0.25, -0.2) is 0 Å². The zero-order valence-electron chi connectivity index (χ0n) is 8.58. The van der Waals surface area contributed by atoms with Crippen LogP contribution in [0.1, 0.15) is 5.56 Å². The maximum absolute atomic E-state index is 6.13. The van der Waals surface area contributed by atoms with E-state index in [-0.39, 0.29) is 0 Å². The van der Waals surface area contributed by atoms with Gasteiger partial charge >= 0.3 is 0 Å². The van der Waals surface area contributed by atoms with Gasteiger partial charge in [0.05, 0.1) is 0 Å². The third kappa shape index (κ3) is 2.22. The maximum Gasteiger partial charge on any atom is 0.0484 e. The quantitative estimate of drug-likeness (QED) is 0.854. The topological polar surface area (TPSA) is 26.0 Å². The predicted octanol–water partition coefficient (Wildman–Crippen LogP) is 4.12. The van der Waals surface area contributed by atoms with Crippen LogP contribution in [0, 0.1) is 0 Å². The van der Waals surface area contributed by atoms with Crippen LogP contribution in [0.3, 0.4) is 0 Å². The van der Waals surface area contributed by atoms with E-state index in [0.717, 1.165) is 21.7 Å². The summed E-state index contributed by atoms with van der Waals surface area (Å²) in [6, 6.07) is 13.5. The van der Waals surface area contributed by atoms with Crippen LogP contribution >= 0.6 is 23.2 Å². The molecule has 16 heavy (non-hydrogen) atoms. The molecule has 2 aromatic carbocycles. The Morgan fingerprint density at radius 3 is 2.38 bits per heavy atom. The fraction of sp³-hybridized carbons (Fsp3) is 0.0769. The van der Waals surface area contributed by atoms with E-state index in [2.05, 4.69) is 0 Å². The Morgan fingerprint density at radius 2 is 1.69 bits per heavy atom. The number of nitrogens with two attached hydrogens (primary N) is 1. The average molecular weight is 252 g/mol. The minimum absolute atomic E-state index is 0.428. The molecule has 0 atom stereocenters. The summed E-state index contributed by atoms with van der Waals surface area (Å²) in [5.41, 5.74) is 8.58. The van der Waals surface area contributed by atoms with Gasteiger partial charge in [-0.1, -0.05) is 47.5 Å². The van der Waals surface area contributed by atoms with Gasteiger partial charge in [0.2, 0.25) is 0 Å². The Hall–Kier alpha value is -1.02. The van der Waals surface area contributed by atoms with Gasteiger partial charge in [0.1, 0.15) is 0 Å². The van der Waals surface area contributed by atoms with E-state index in [1.807, 2.05) is 42.5 Å². The van der Waals surface area contributed by atoms with E-state index in [1.54, 1.807) is 0 Å². The van der Waals surface area contributed by atoms with E-state index in [9.17, 15) is 0 Å². The molecule has 2 N–H and O–H groups in total. The van der Waals surface area contributed by atoms with Crippen LogP contribution < -0.4 is 5.73 Å². The van der Waals surface area contributed by atoms with Crippen molar-refractivity contribution in [3.63, 3.8) is 0 Å². The van der Waals surface area contributed by atoms with Gasteiger partial charge in [0.25, 0.3) is 0 Å². The van der Waals surface area contributed by atoms with Crippen LogP contribution in [0.15, 0.2) is 42.5 Å². The molecule has 0 saturated carbocycles. The summed E-state index contributed by atoms with van der Waals surface area (Å²) in [7, 11) is 0. The molecule has 0 aliphatic carbocycles. The second-order valence-electron chi connectivity index (χ2n) is 3.49. The second kappa shape index (κ2) is 4.88. The smallest absolute Gasteiger partial charge is 0.0484 e. The predicted molar refractivity (Wildman–Crippen MR) is 69.8 cm³/mol. The first-order valence-electron chi connectivity index (χ1n) is 4.96. The second-order valence-corrected chi connectivity index (χ2v) is 4.30. The highest BCUT2D eigenvalue weighted by Gasteiger charge is 2.05. The molecular formula is C13H11Cl2N. The molecule has 0 unspecified atom stereocenters. The van der Waals surface area contributed by atoms with Gasteiger partial charge in [-0.3, -0.25) is 0 Å². The summed E-state index contributed by atoms with van der Waals surface area (Å²) in [5.74, 6) is 0. The molecule has 0 radical (unpaired) electrons.